The van der Waals surface area contributed by atoms with Crippen molar-refractivity contribution in [3.8, 4) is 5.69 Å². The molecule has 0 radical (unpaired) electrons. The van der Waals surface area contributed by atoms with Gasteiger partial charge in [0.25, 0.3) is 0 Å². The molecule has 29 heavy (non-hydrogen) atoms. The lowest BCUT2D eigenvalue weighted by atomic mass is 9.93. The van der Waals surface area contributed by atoms with Gasteiger partial charge in [0.2, 0.25) is 5.91 Å². The molecule has 0 atom stereocenters. The van der Waals surface area contributed by atoms with Gasteiger partial charge < -0.3 is 15.5 Å². The van der Waals surface area contributed by atoms with E-state index in [0.717, 1.165) is 44.1 Å². The fraction of sp³-hybridized carbons (Fsp3) is 0.476. The molecule has 7 nitrogen and oxygen atoms in total. The Labute approximate surface area is 190 Å². The minimum atomic E-state index is 0. The number of piperidine rings is 1. The second-order valence-corrected chi connectivity index (χ2v) is 7.09. The Morgan fingerprint density at radius 1 is 1.24 bits per heavy atom. The number of amides is 1. The Morgan fingerprint density at radius 2 is 1.97 bits per heavy atom. The predicted molar refractivity (Wildman–Crippen MR) is 127 cm³/mol. The lowest BCUT2D eigenvalue weighted by Gasteiger charge is -2.34. The summed E-state index contributed by atoms with van der Waals surface area (Å²) in [5.41, 5.74) is 2.21. The van der Waals surface area contributed by atoms with Crippen LogP contribution in [-0.2, 0) is 11.3 Å². The van der Waals surface area contributed by atoms with Crippen molar-refractivity contribution in [2.24, 2.45) is 10.9 Å². The first-order chi connectivity index (χ1) is 13.7. The smallest absolute Gasteiger partial charge is 0.220 e. The van der Waals surface area contributed by atoms with Crippen LogP contribution in [0.15, 0.2) is 47.7 Å². The summed E-state index contributed by atoms with van der Waals surface area (Å²) in [6.45, 7) is 5.44. The maximum atomic E-state index is 11.6. The number of benzene rings is 1. The third-order valence-electron chi connectivity index (χ3n) is 5.12. The Balaban J connectivity index is 0.00000300. The van der Waals surface area contributed by atoms with Crippen LogP contribution >= 0.6 is 24.0 Å². The number of hydrogen-bond donors (Lipinski definition) is 2. The topological polar surface area (TPSA) is 74.5 Å². The fourth-order valence-electron chi connectivity index (χ4n) is 3.48. The number of likely N-dealkylation sites (tertiary alicyclic amines) is 1. The molecule has 2 heterocycles. The number of nitrogens with one attached hydrogen (secondary N) is 2. The molecule has 0 saturated carbocycles. The van der Waals surface area contributed by atoms with Crippen LogP contribution in [0.2, 0.25) is 0 Å². The van der Waals surface area contributed by atoms with Crippen LogP contribution in [0, 0.1) is 5.92 Å². The molecule has 1 saturated heterocycles. The number of carbonyl (C=O) groups excluding carboxylic acids is 1. The van der Waals surface area contributed by atoms with Crippen LogP contribution in [0.1, 0.15) is 31.7 Å². The number of carbonyl (C=O) groups is 1. The van der Waals surface area contributed by atoms with Gasteiger partial charge in [-0.2, -0.15) is 5.10 Å². The molecule has 2 N–H and O–H groups in total. The minimum Gasteiger partial charge on any atom is -0.359 e. The van der Waals surface area contributed by atoms with Crippen LogP contribution in [0.25, 0.3) is 5.69 Å². The number of rotatable bonds is 6. The van der Waals surface area contributed by atoms with Gasteiger partial charge in [-0.15, -0.1) is 24.0 Å². The van der Waals surface area contributed by atoms with Crippen molar-refractivity contribution < 1.29 is 4.79 Å². The van der Waals surface area contributed by atoms with E-state index in [2.05, 4.69) is 51.8 Å². The first-order valence-electron chi connectivity index (χ1n) is 10.0. The van der Waals surface area contributed by atoms with Gasteiger partial charge >= 0.3 is 0 Å². The number of guanidine groups is 1. The molecular weight excluding hydrogens is 479 g/mol. The summed E-state index contributed by atoms with van der Waals surface area (Å²) >= 11 is 0. The summed E-state index contributed by atoms with van der Waals surface area (Å²) in [5, 5.41) is 10.4. The molecule has 1 aromatic carbocycles. The fourth-order valence-corrected chi connectivity index (χ4v) is 3.48. The average Bonchev–Trinajstić information content (AvgIpc) is 3.27. The second-order valence-electron chi connectivity index (χ2n) is 7.09. The number of nitrogens with zero attached hydrogens (tertiary/aromatic N) is 4. The van der Waals surface area contributed by atoms with Crippen LogP contribution in [0.5, 0.6) is 0 Å². The standard InChI is InChI=1S/C21H30N6O.HI/c1-3-23-21(26-13-9-17(10-14-26)15-20(28)22-2)24-16-18-5-7-19(8-6-18)27-12-4-11-25-27;/h4-8,11-12,17H,3,9-10,13-16H2,1-2H3,(H,22,28)(H,23,24);1H. The van der Waals surface area contributed by atoms with Crippen molar-refractivity contribution in [1.82, 2.24) is 25.3 Å². The van der Waals surface area contributed by atoms with Gasteiger partial charge in [-0.1, -0.05) is 12.1 Å². The van der Waals surface area contributed by atoms with E-state index in [1.807, 2.05) is 16.9 Å². The second kappa shape index (κ2) is 11.8. The molecule has 1 fully saturated rings. The van der Waals surface area contributed by atoms with Crippen molar-refractivity contribution in [3.63, 3.8) is 0 Å². The number of aliphatic imine (C=N–C) groups is 1. The number of halogens is 1. The molecule has 3 rings (SSSR count). The van der Waals surface area contributed by atoms with Gasteiger partial charge in [-0.25, -0.2) is 9.67 Å². The van der Waals surface area contributed by atoms with Crippen molar-refractivity contribution in [2.75, 3.05) is 26.7 Å². The molecule has 1 aliphatic heterocycles. The van der Waals surface area contributed by atoms with Crippen molar-refractivity contribution in [3.05, 3.63) is 48.3 Å². The van der Waals surface area contributed by atoms with Crippen molar-refractivity contribution in [1.29, 1.82) is 0 Å². The van der Waals surface area contributed by atoms with E-state index >= 15 is 0 Å². The molecule has 0 bridgehead atoms. The highest BCUT2D eigenvalue weighted by Gasteiger charge is 2.23. The summed E-state index contributed by atoms with van der Waals surface area (Å²) < 4.78 is 1.85. The Hall–Kier alpha value is -2.10. The summed E-state index contributed by atoms with van der Waals surface area (Å²) in [5.74, 6) is 1.56. The largest absolute Gasteiger partial charge is 0.359 e. The van der Waals surface area contributed by atoms with E-state index in [1.54, 1.807) is 13.2 Å². The lowest BCUT2D eigenvalue weighted by molar-refractivity contribution is -0.121. The van der Waals surface area contributed by atoms with Gasteiger partial charge in [-0.05, 0) is 49.4 Å². The number of aromatic nitrogens is 2. The summed E-state index contributed by atoms with van der Waals surface area (Å²) in [6.07, 6.45) is 6.39. The maximum Gasteiger partial charge on any atom is 0.220 e. The summed E-state index contributed by atoms with van der Waals surface area (Å²) in [7, 11) is 1.70. The monoisotopic (exact) mass is 510 g/mol. The van der Waals surface area contributed by atoms with Gasteiger partial charge in [0.15, 0.2) is 5.96 Å². The SMILES string of the molecule is CCNC(=NCc1ccc(-n2cccn2)cc1)N1CCC(CC(=O)NC)CC1.I. The van der Waals surface area contributed by atoms with Gasteiger partial charge in [0, 0.05) is 45.5 Å². The van der Waals surface area contributed by atoms with Gasteiger partial charge in [0.05, 0.1) is 12.2 Å². The van der Waals surface area contributed by atoms with Gasteiger partial charge in [0.1, 0.15) is 0 Å². The number of hydrogen-bond acceptors (Lipinski definition) is 3. The van der Waals surface area contributed by atoms with Crippen LogP contribution < -0.4 is 10.6 Å². The van der Waals surface area contributed by atoms with E-state index in [9.17, 15) is 4.79 Å². The summed E-state index contributed by atoms with van der Waals surface area (Å²) in [6, 6.07) is 10.2. The van der Waals surface area contributed by atoms with E-state index in [1.165, 1.54) is 5.56 Å². The highest BCUT2D eigenvalue weighted by molar-refractivity contribution is 14.0. The van der Waals surface area contributed by atoms with E-state index < -0.39 is 0 Å². The molecule has 1 amide bonds. The van der Waals surface area contributed by atoms with Crippen LogP contribution in [0.4, 0.5) is 0 Å². The van der Waals surface area contributed by atoms with E-state index in [-0.39, 0.29) is 29.9 Å². The Bertz CT molecular complexity index is 767. The first kappa shape index (κ1) is 23.2. The molecule has 2 aromatic rings. The van der Waals surface area contributed by atoms with Crippen LogP contribution in [-0.4, -0.2) is 53.2 Å². The first-order valence-corrected chi connectivity index (χ1v) is 10.0. The highest BCUT2D eigenvalue weighted by atomic mass is 127. The Morgan fingerprint density at radius 3 is 2.55 bits per heavy atom. The molecular formula is C21H31IN6O. The molecule has 158 valence electrons. The zero-order valence-electron chi connectivity index (χ0n) is 17.2. The quantitative estimate of drug-likeness (QED) is 0.356. The predicted octanol–water partition coefficient (Wildman–Crippen LogP) is 2.80. The zero-order chi connectivity index (χ0) is 19.8. The zero-order valence-corrected chi connectivity index (χ0v) is 19.5. The summed E-state index contributed by atoms with van der Waals surface area (Å²) in [4.78, 5) is 18.7. The van der Waals surface area contributed by atoms with Crippen molar-refractivity contribution in [2.45, 2.75) is 32.7 Å². The van der Waals surface area contributed by atoms with Crippen LogP contribution in [0.3, 0.4) is 0 Å². The molecule has 0 unspecified atom stereocenters. The molecule has 1 aromatic heterocycles. The van der Waals surface area contributed by atoms with E-state index in [4.69, 9.17) is 4.99 Å². The maximum absolute atomic E-state index is 11.6. The molecule has 0 spiro atoms. The Kier molecular flexibility index (Phi) is 9.43. The highest BCUT2D eigenvalue weighted by Crippen LogP contribution is 2.20. The lowest BCUT2D eigenvalue weighted by Crippen LogP contribution is -2.46. The molecule has 8 heteroatoms. The molecule has 0 aliphatic carbocycles. The van der Waals surface area contributed by atoms with E-state index in [0.29, 0.717) is 18.9 Å². The normalized spacial score (nSPS) is 15.0. The third-order valence-corrected chi connectivity index (χ3v) is 5.12. The molecule has 1 aliphatic rings. The van der Waals surface area contributed by atoms with Crippen molar-refractivity contribution >= 4 is 35.8 Å². The van der Waals surface area contributed by atoms with Gasteiger partial charge in [-0.3, -0.25) is 4.79 Å². The minimum absolute atomic E-state index is 0. The average molecular weight is 510 g/mol. The third kappa shape index (κ3) is 6.73.